The van der Waals surface area contributed by atoms with Crippen LogP contribution in [0.2, 0.25) is 5.02 Å². The number of carbonyl (C=O) groups excluding carboxylic acids is 1. The fourth-order valence-corrected chi connectivity index (χ4v) is 1.88. The first-order valence-corrected chi connectivity index (χ1v) is 5.78. The van der Waals surface area contributed by atoms with Gasteiger partial charge in [-0.3, -0.25) is 4.79 Å². The van der Waals surface area contributed by atoms with E-state index >= 15 is 0 Å². The van der Waals surface area contributed by atoms with Gasteiger partial charge in [0.2, 0.25) is 0 Å². The Labute approximate surface area is 117 Å². The number of hydrogen-bond acceptors (Lipinski definition) is 2. The normalized spacial score (nSPS) is 10.4. The fourth-order valence-electron chi connectivity index (χ4n) is 1.61. The maximum Gasteiger partial charge on any atom is 0.259 e. The number of nitrogens with one attached hydrogen (secondary N) is 1. The first-order valence-electron chi connectivity index (χ1n) is 5.40. The van der Waals surface area contributed by atoms with Crippen molar-refractivity contribution in [2.75, 3.05) is 11.1 Å². The average molecular weight is 301 g/mol. The molecule has 0 bridgehead atoms. The lowest BCUT2D eigenvalue weighted by Gasteiger charge is -2.10. The van der Waals surface area contributed by atoms with Gasteiger partial charge in [-0.1, -0.05) is 17.7 Å². The van der Waals surface area contributed by atoms with Gasteiger partial charge in [-0.15, -0.1) is 0 Å². The van der Waals surface area contributed by atoms with Crippen molar-refractivity contribution >= 4 is 28.9 Å². The first kappa shape index (κ1) is 14.2. The molecule has 104 valence electrons. The highest BCUT2D eigenvalue weighted by Gasteiger charge is 2.18. The molecule has 7 heteroatoms. The summed E-state index contributed by atoms with van der Waals surface area (Å²) in [5.74, 6) is -4.67. The predicted molar refractivity (Wildman–Crippen MR) is 70.1 cm³/mol. The van der Waals surface area contributed by atoms with Crippen molar-refractivity contribution in [3.05, 3.63) is 58.4 Å². The number of halogens is 4. The number of carbonyl (C=O) groups is 1. The van der Waals surface area contributed by atoms with Gasteiger partial charge in [0.1, 0.15) is 5.82 Å². The van der Waals surface area contributed by atoms with E-state index in [-0.39, 0.29) is 16.3 Å². The van der Waals surface area contributed by atoms with E-state index in [1.54, 1.807) is 0 Å². The van der Waals surface area contributed by atoms with E-state index in [1.165, 1.54) is 18.2 Å². The van der Waals surface area contributed by atoms with Crippen LogP contribution in [0.15, 0.2) is 30.3 Å². The summed E-state index contributed by atoms with van der Waals surface area (Å²) in [5, 5.41) is 2.07. The summed E-state index contributed by atoms with van der Waals surface area (Å²) in [6.07, 6.45) is 0. The topological polar surface area (TPSA) is 55.1 Å². The van der Waals surface area contributed by atoms with E-state index < -0.39 is 29.0 Å². The number of benzene rings is 2. The molecule has 0 saturated carbocycles. The number of rotatable bonds is 2. The minimum absolute atomic E-state index is 0.0415. The SMILES string of the molecule is Nc1cccc(Cl)c1C(=O)Nc1cc(F)cc(F)c1F. The Morgan fingerprint density at radius 1 is 1.20 bits per heavy atom. The Morgan fingerprint density at radius 3 is 2.55 bits per heavy atom. The molecule has 1 amide bonds. The van der Waals surface area contributed by atoms with Gasteiger partial charge in [-0.25, -0.2) is 13.2 Å². The molecule has 20 heavy (non-hydrogen) atoms. The summed E-state index contributed by atoms with van der Waals surface area (Å²) in [4.78, 5) is 11.9. The highest BCUT2D eigenvalue weighted by atomic mass is 35.5. The second-order valence-electron chi connectivity index (χ2n) is 3.91. The standard InChI is InChI=1S/C13H8ClF3N2O/c14-7-2-1-3-9(18)11(7)13(20)19-10-5-6(15)4-8(16)12(10)17/h1-5H,18H2,(H,19,20). The number of hydrogen-bond donors (Lipinski definition) is 2. The maximum atomic E-state index is 13.4. The van der Waals surface area contributed by atoms with Crippen molar-refractivity contribution in [1.29, 1.82) is 0 Å². The summed E-state index contributed by atoms with van der Waals surface area (Å²) >= 11 is 5.81. The lowest BCUT2D eigenvalue weighted by Crippen LogP contribution is -2.16. The molecule has 0 saturated heterocycles. The lowest BCUT2D eigenvalue weighted by atomic mass is 10.1. The first-order chi connectivity index (χ1) is 9.40. The van der Waals surface area contributed by atoms with Gasteiger partial charge in [-0.05, 0) is 12.1 Å². The smallest absolute Gasteiger partial charge is 0.259 e. The van der Waals surface area contributed by atoms with Crippen LogP contribution in [0.1, 0.15) is 10.4 Å². The summed E-state index contributed by atoms with van der Waals surface area (Å²) < 4.78 is 39.5. The van der Waals surface area contributed by atoms with Gasteiger partial charge in [0.05, 0.1) is 16.3 Å². The Kier molecular flexibility index (Phi) is 3.85. The maximum absolute atomic E-state index is 13.4. The Bertz CT molecular complexity index is 671. The molecule has 0 radical (unpaired) electrons. The highest BCUT2D eigenvalue weighted by molar-refractivity contribution is 6.35. The van der Waals surface area contributed by atoms with Crippen LogP contribution in [0.4, 0.5) is 24.5 Å². The van der Waals surface area contributed by atoms with Crippen molar-refractivity contribution < 1.29 is 18.0 Å². The molecule has 2 aromatic rings. The van der Waals surface area contributed by atoms with Gasteiger partial charge >= 0.3 is 0 Å². The highest BCUT2D eigenvalue weighted by Crippen LogP contribution is 2.25. The Hall–Kier alpha value is -2.21. The molecular weight excluding hydrogens is 293 g/mol. The van der Waals surface area contributed by atoms with E-state index in [0.29, 0.717) is 12.1 Å². The molecule has 0 heterocycles. The van der Waals surface area contributed by atoms with E-state index in [1.807, 2.05) is 5.32 Å². The van der Waals surface area contributed by atoms with Crippen LogP contribution in [0.25, 0.3) is 0 Å². The largest absolute Gasteiger partial charge is 0.398 e. The quantitative estimate of drug-likeness (QED) is 0.658. The van der Waals surface area contributed by atoms with Gasteiger partial charge in [-0.2, -0.15) is 0 Å². The molecule has 0 aliphatic heterocycles. The van der Waals surface area contributed by atoms with Crippen molar-refractivity contribution in [3.63, 3.8) is 0 Å². The Balaban J connectivity index is 2.38. The van der Waals surface area contributed by atoms with Crippen LogP contribution in [0, 0.1) is 17.5 Å². The molecule has 2 aromatic carbocycles. The van der Waals surface area contributed by atoms with Gasteiger partial charge < -0.3 is 11.1 Å². The van der Waals surface area contributed by atoms with Crippen LogP contribution in [-0.4, -0.2) is 5.91 Å². The third-order valence-corrected chi connectivity index (χ3v) is 2.83. The molecule has 0 unspecified atom stereocenters. The van der Waals surface area contributed by atoms with Crippen LogP contribution < -0.4 is 11.1 Å². The van der Waals surface area contributed by atoms with E-state index in [9.17, 15) is 18.0 Å². The molecule has 2 rings (SSSR count). The summed E-state index contributed by atoms with van der Waals surface area (Å²) in [6, 6.07) is 5.38. The van der Waals surface area contributed by atoms with E-state index in [0.717, 1.165) is 0 Å². The molecular formula is C13H8ClF3N2O. The van der Waals surface area contributed by atoms with Crippen molar-refractivity contribution in [2.45, 2.75) is 0 Å². The molecule has 0 fully saturated rings. The zero-order valence-electron chi connectivity index (χ0n) is 9.88. The number of nitrogens with two attached hydrogens (primary N) is 1. The second kappa shape index (κ2) is 5.42. The minimum atomic E-state index is -1.41. The van der Waals surface area contributed by atoms with Crippen molar-refractivity contribution in [3.8, 4) is 0 Å². The molecule has 3 N–H and O–H groups in total. The zero-order valence-corrected chi connectivity index (χ0v) is 10.6. The van der Waals surface area contributed by atoms with Gasteiger partial charge in [0.15, 0.2) is 11.6 Å². The van der Waals surface area contributed by atoms with Crippen LogP contribution in [0.3, 0.4) is 0 Å². The third-order valence-electron chi connectivity index (χ3n) is 2.51. The minimum Gasteiger partial charge on any atom is -0.398 e. The van der Waals surface area contributed by atoms with Gasteiger partial charge in [0, 0.05) is 17.8 Å². The fraction of sp³-hybridized carbons (Fsp3) is 0. The lowest BCUT2D eigenvalue weighted by molar-refractivity contribution is 0.102. The van der Waals surface area contributed by atoms with E-state index in [2.05, 4.69) is 0 Å². The Morgan fingerprint density at radius 2 is 1.90 bits per heavy atom. The number of nitrogen functional groups attached to an aromatic ring is 1. The predicted octanol–water partition coefficient (Wildman–Crippen LogP) is 3.59. The molecule has 0 aliphatic carbocycles. The zero-order chi connectivity index (χ0) is 14.9. The molecule has 3 nitrogen and oxygen atoms in total. The average Bonchev–Trinajstić information content (AvgIpc) is 2.35. The molecule has 0 aliphatic rings. The van der Waals surface area contributed by atoms with E-state index in [4.69, 9.17) is 17.3 Å². The van der Waals surface area contributed by atoms with Crippen LogP contribution >= 0.6 is 11.6 Å². The molecule has 0 aromatic heterocycles. The monoisotopic (exact) mass is 300 g/mol. The van der Waals surface area contributed by atoms with Crippen LogP contribution in [-0.2, 0) is 0 Å². The molecule has 0 spiro atoms. The van der Waals surface area contributed by atoms with Crippen molar-refractivity contribution in [2.24, 2.45) is 0 Å². The summed E-state index contributed by atoms with van der Waals surface area (Å²) in [7, 11) is 0. The van der Waals surface area contributed by atoms with Crippen molar-refractivity contribution in [1.82, 2.24) is 0 Å². The second-order valence-corrected chi connectivity index (χ2v) is 4.31. The number of anilines is 2. The summed E-state index contributed by atoms with van der Waals surface area (Å²) in [5.41, 5.74) is 4.92. The number of amides is 1. The third kappa shape index (κ3) is 2.70. The molecule has 0 atom stereocenters. The summed E-state index contributed by atoms with van der Waals surface area (Å²) in [6.45, 7) is 0. The van der Waals surface area contributed by atoms with Crippen LogP contribution in [0.5, 0.6) is 0 Å². The van der Waals surface area contributed by atoms with Gasteiger partial charge in [0.25, 0.3) is 5.91 Å².